The van der Waals surface area contributed by atoms with Gasteiger partial charge in [-0.1, -0.05) is 36.4 Å². The van der Waals surface area contributed by atoms with Crippen molar-refractivity contribution in [3.8, 4) is 11.5 Å². The maximum atomic E-state index is 11.0. The highest BCUT2D eigenvalue weighted by Gasteiger charge is 2.06. The van der Waals surface area contributed by atoms with E-state index in [4.69, 9.17) is 14.6 Å². The number of aromatic carboxylic acids is 1. The third kappa shape index (κ3) is 5.11. The van der Waals surface area contributed by atoms with Gasteiger partial charge in [0.1, 0.15) is 6.61 Å². The highest BCUT2D eigenvalue weighted by atomic mass is 16.5. The van der Waals surface area contributed by atoms with E-state index in [1.165, 1.54) is 12.1 Å². The molecule has 0 saturated heterocycles. The Balaban J connectivity index is 1.65. The van der Waals surface area contributed by atoms with Gasteiger partial charge < -0.3 is 14.6 Å². The Morgan fingerprint density at radius 1 is 1.04 bits per heavy atom. The van der Waals surface area contributed by atoms with Crippen LogP contribution in [0, 0.1) is 0 Å². The molecule has 0 amide bonds. The molecule has 3 aromatic rings. The Morgan fingerprint density at radius 3 is 2.61 bits per heavy atom. The van der Waals surface area contributed by atoms with E-state index < -0.39 is 5.97 Å². The first kappa shape index (κ1) is 19.0. The zero-order valence-corrected chi connectivity index (χ0v) is 15.3. The van der Waals surface area contributed by atoms with Gasteiger partial charge in [0.05, 0.1) is 24.6 Å². The van der Waals surface area contributed by atoms with E-state index in [-0.39, 0.29) is 5.56 Å². The summed E-state index contributed by atoms with van der Waals surface area (Å²) in [6.45, 7) is 0.451. The summed E-state index contributed by atoms with van der Waals surface area (Å²) in [6, 6.07) is 21.8. The number of anilines is 1. The first-order valence-electron chi connectivity index (χ1n) is 8.63. The number of carboxylic acid groups (broad SMARTS) is 1. The van der Waals surface area contributed by atoms with Gasteiger partial charge in [-0.25, -0.2) is 4.79 Å². The van der Waals surface area contributed by atoms with E-state index in [1.807, 2.05) is 48.5 Å². The highest BCUT2D eigenvalue weighted by Crippen LogP contribution is 2.28. The van der Waals surface area contributed by atoms with Crippen LogP contribution in [0.1, 0.15) is 21.5 Å². The molecule has 0 bridgehead atoms. The van der Waals surface area contributed by atoms with Gasteiger partial charge in [-0.05, 0) is 47.5 Å². The van der Waals surface area contributed by atoms with Crippen molar-refractivity contribution in [1.82, 2.24) is 0 Å². The summed E-state index contributed by atoms with van der Waals surface area (Å²) >= 11 is 0. The summed E-state index contributed by atoms with van der Waals surface area (Å²) in [6.07, 6.45) is 1.62. The molecule has 28 heavy (non-hydrogen) atoms. The molecule has 0 heterocycles. The van der Waals surface area contributed by atoms with Crippen LogP contribution < -0.4 is 14.9 Å². The zero-order chi connectivity index (χ0) is 19.8. The van der Waals surface area contributed by atoms with Gasteiger partial charge in [0.2, 0.25) is 0 Å². The van der Waals surface area contributed by atoms with Gasteiger partial charge in [0.15, 0.2) is 11.5 Å². The summed E-state index contributed by atoms with van der Waals surface area (Å²) in [4.78, 5) is 11.0. The molecular weight excluding hydrogens is 356 g/mol. The third-order valence-electron chi connectivity index (χ3n) is 3.94. The van der Waals surface area contributed by atoms with Crippen LogP contribution in [0.4, 0.5) is 5.69 Å². The molecular formula is C22H20N2O4. The molecule has 2 N–H and O–H groups in total. The van der Waals surface area contributed by atoms with E-state index in [1.54, 1.807) is 25.5 Å². The number of hydrogen-bond acceptors (Lipinski definition) is 5. The fourth-order valence-corrected chi connectivity index (χ4v) is 2.52. The standard InChI is InChI=1S/C22H20N2O4/c1-27-21-12-17(10-11-20(21)28-15-16-6-3-2-4-7-16)14-23-24-19-9-5-8-18(13-19)22(25)26/h2-14,24H,15H2,1H3,(H,25,26)/b23-14-. The molecule has 0 atom stereocenters. The summed E-state index contributed by atoms with van der Waals surface area (Å²) in [5.41, 5.74) is 5.49. The smallest absolute Gasteiger partial charge is 0.335 e. The topological polar surface area (TPSA) is 80.2 Å². The number of nitrogens with one attached hydrogen (secondary N) is 1. The normalized spacial score (nSPS) is 10.6. The van der Waals surface area contributed by atoms with Gasteiger partial charge in [0.25, 0.3) is 0 Å². The van der Waals surface area contributed by atoms with Crippen LogP contribution in [-0.4, -0.2) is 24.4 Å². The maximum absolute atomic E-state index is 11.0. The van der Waals surface area contributed by atoms with Crippen molar-refractivity contribution in [2.45, 2.75) is 6.61 Å². The Kier molecular flexibility index (Phi) is 6.25. The number of carboxylic acids is 1. The lowest BCUT2D eigenvalue weighted by atomic mass is 10.2. The minimum atomic E-state index is -0.983. The zero-order valence-electron chi connectivity index (χ0n) is 15.3. The lowest BCUT2D eigenvalue weighted by Gasteiger charge is -2.11. The lowest BCUT2D eigenvalue weighted by molar-refractivity contribution is 0.0697. The van der Waals surface area contributed by atoms with E-state index >= 15 is 0 Å². The number of hydrogen-bond donors (Lipinski definition) is 2. The second kappa shape index (κ2) is 9.23. The largest absolute Gasteiger partial charge is 0.493 e. The molecule has 0 aromatic heterocycles. The van der Waals surface area contributed by atoms with E-state index in [2.05, 4.69) is 10.5 Å². The van der Waals surface area contributed by atoms with E-state index in [0.29, 0.717) is 23.8 Å². The number of carbonyl (C=O) groups is 1. The summed E-state index contributed by atoms with van der Waals surface area (Å²) in [5.74, 6) is 0.266. The first-order chi connectivity index (χ1) is 13.7. The molecule has 142 valence electrons. The predicted molar refractivity (Wildman–Crippen MR) is 108 cm³/mol. The van der Waals surface area contributed by atoms with Gasteiger partial charge >= 0.3 is 5.97 Å². The molecule has 0 saturated carbocycles. The Morgan fingerprint density at radius 2 is 1.86 bits per heavy atom. The molecule has 0 aliphatic heterocycles. The summed E-state index contributed by atoms with van der Waals surface area (Å²) in [7, 11) is 1.58. The molecule has 3 rings (SSSR count). The second-order valence-corrected chi connectivity index (χ2v) is 5.94. The average molecular weight is 376 g/mol. The van der Waals surface area contributed by atoms with Crippen molar-refractivity contribution in [2.24, 2.45) is 5.10 Å². The van der Waals surface area contributed by atoms with Crippen LogP contribution in [-0.2, 0) is 6.61 Å². The van der Waals surface area contributed by atoms with Crippen LogP contribution in [0.15, 0.2) is 77.9 Å². The second-order valence-electron chi connectivity index (χ2n) is 5.94. The molecule has 0 radical (unpaired) electrons. The maximum Gasteiger partial charge on any atom is 0.335 e. The van der Waals surface area contributed by atoms with Crippen molar-refractivity contribution in [3.05, 3.63) is 89.5 Å². The molecule has 0 spiro atoms. The minimum absolute atomic E-state index is 0.196. The number of benzene rings is 3. The number of methoxy groups -OCH3 is 1. The SMILES string of the molecule is COc1cc(/C=N\Nc2cccc(C(=O)O)c2)ccc1OCc1ccccc1. The molecule has 6 heteroatoms. The summed E-state index contributed by atoms with van der Waals surface area (Å²) in [5, 5.41) is 13.2. The number of ether oxygens (including phenoxy) is 2. The number of hydrazone groups is 1. The van der Waals surface area contributed by atoms with Crippen LogP contribution >= 0.6 is 0 Å². The molecule has 3 aromatic carbocycles. The van der Waals surface area contributed by atoms with Crippen molar-refractivity contribution in [2.75, 3.05) is 12.5 Å². The van der Waals surface area contributed by atoms with Crippen LogP contribution in [0.3, 0.4) is 0 Å². The Hall–Kier alpha value is -3.80. The van der Waals surface area contributed by atoms with Crippen molar-refractivity contribution in [1.29, 1.82) is 0 Å². The van der Waals surface area contributed by atoms with Crippen LogP contribution in [0.2, 0.25) is 0 Å². The monoisotopic (exact) mass is 376 g/mol. The van der Waals surface area contributed by atoms with Crippen LogP contribution in [0.25, 0.3) is 0 Å². The number of rotatable bonds is 8. The summed E-state index contributed by atoms with van der Waals surface area (Å²) < 4.78 is 11.2. The quantitative estimate of drug-likeness (QED) is 0.449. The van der Waals surface area contributed by atoms with Crippen LogP contribution in [0.5, 0.6) is 11.5 Å². The molecule has 0 fully saturated rings. The Labute approximate surface area is 163 Å². The Bertz CT molecular complexity index is 971. The first-order valence-corrected chi connectivity index (χ1v) is 8.63. The minimum Gasteiger partial charge on any atom is -0.493 e. The van der Waals surface area contributed by atoms with Gasteiger partial charge in [-0.15, -0.1) is 0 Å². The fraction of sp³-hybridized carbons (Fsp3) is 0.0909. The molecule has 0 aliphatic carbocycles. The average Bonchev–Trinajstić information content (AvgIpc) is 2.73. The van der Waals surface area contributed by atoms with E-state index in [9.17, 15) is 4.79 Å². The van der Waals surface area contributed by atoms with Gasteiger partial charge in [-0.2, -0.15) is 5.10 Å². The van der Waals surface area contributed by atoms with Gasteiger partial charge in [-0.3, -0.25) is 5.43 Å². The lowest BCUT2D eigenvalue weighted by Crippen LogP contribution is -1.99. The highest BCUT2D eigenvalue weighted by molar-refractivity contribution is 5.89. The molecule has 0 unspecified atom stereocenters. The number of nitrogens with zero attached hydrogens (tertiary/aromatic N) is 1. The van der Waals surface area contributed by atoms with Crippen molar-refractivity contribution in [3.63, 3.8) is 0 Å². The predicted octanol–water partition coefficient (Wildman–Crippen LogP) is 4.42. The third-order valence-corrected chi connectivity index (χ3v) is 3.94. The fourth-order valence-electron chi connectivity index (χ4n) is 2.52. The van der Waals surface area contributed by atoms with Crippen molar-refractivity contribution >= 4 is 17.9 Å². The molecule has 6 nitrogen and oxygen atoms in total. The molecule has 0 aliphatic rings. The van der Waals surface area contributed by atoms with Gasteiger partial charge in [0, 0.05) is 0 Å². The van der Waals surface area contributed by atoms with E-state index in [0.717, 1.165) is 11.1 Å². The van der Waals surface area contributed by atoms with Crippen molar-refractivity contribution < 1.29 is 19.4 Å².